The standard InChI is InChI=1S/C25H25ClN2O2S/c26-20-3-1-19(2-4-20)25(11-14-30-15-12-25)24(29)27-21-5-7-22(8-6-21)28-13-9-23-18(17-28)10-16-31-23/h1-8,10,16H,9,11-15,17H2,(H,27,29). The number of hydrogen-bond donors (Lipinski definition) is 1. The minimum absolute atomic E-state index is 0.0201. The number of amides is 1. The fourth-order valence-corrected chi connectivity index (χ4v) is 5.63. The van der Waals surface area contributed by atoms with Gasteiger partial charge in [-0.25, -0.2) is 0 Å². The molecule has 3 heterocycles. The first kappa shape index (κ1) is 20.6. The van der Waals surface area contributed by atoms with E-state index in [-0.39, 0.29) is 5.91 Å². The van der Waals surface area contributed by atoms with Gasteiger partial charge in [-0.1, -0.05) is 23.7 Å². The molecule has 1 fully saturated rings. The third kappa shape index (κ3) is 4.10. The number of thiophene rings is 1. The second-order valence-electron chi connectivity index (χ2n) is 8.24. The van der Waals surface area contributed by atoms with Gasteiger partial charge in [-0.15, -0.1) is 11.3 Å². The summed E-state index contributed by atoms with van der Waals surface area (Å²) in [6.45, 7) is 3.13. The summed E-state index contributed by atoms with van der Waals surface area (Å²) in [6, 6.07) is 18.1. The third-order valence-electron chi connectivity index (χ3n) is 6.48. The van der Waals surface area contributed by atoms with Gasteiger partial charge in [0.2, 0.25) is 5.91 Å². The smallest absolute Gasteiger partial charge is 0.235 e. The Morgan fingerprint density at radius 2 is 1.77 bits per heavy atom. The van der Waals surface area contributed by atoms with Gasteiger partial charge in [0, 0.05) is 47.6 Å². The highest BCUT2D eigenvalue weighted by Gasteiger charge is 2.41. The van der Waals surface area contributed by atoms with Crippen molar-refractivity contribution in [2.75, 3.05) is 30.0 Å². The molecule has 31 heavy (non-hydrogen) atoms. The highest BCUT2D eigenvalue weighted by molar-refractivity contribution is 7.10. The van der Waals surface area contributed by atoms with Crippen molar-refractivity contribution in [2.24, 2.45) is 0 Å². The van der Waals surface area contributed by atoms with Crippen LogP contribution in [0, 0.1) is 0 Å². The number of hydrogen-bond acceptors (Lipinski definition) is 4. The van der Waals surface area contributed by atoms with E-state index in [1.54, 1.807) is 0 Å². The van der Waals surface area contributed by atoms with Crippen molar-refractivity contribution in [2.45, 2.75) is 31.2 Å². The highest BCUT2D eigenvalue weighted by atomic mass is 35.5. The van der Waals surface area contributed by atoms with Gasteiger partial charge in [0.05, 0.1) is 5.41 Å². The van der Waals surface area contributed by atoms with Crippen LogP contribution in [0.4, 0.5) is 11.4 Å². The predicted octanol–water partition coefficient (Wildman–Crippen LogP) is 5.65. The first-order chi connectivity index (χ1) is 15.1. The van der Waals surface area contributed by atoms with Crippen LogP contribution in [0.5, 0.6) is 0 Å². The summed E-state index contributed by atoms with van der Waals surface area (Å²) in [4.78, 5) is 17.4. The molecule has 4 nitrogen and oxygen atoms in total. The summed E-state index contributed by atoms with van der Waals surface area (Å²) in [5.41, 5.74) is 3.84. The molecule has 1 saturated heterocycles. The zero-order valence-corrected chi connectivity index (χ0v) is 18.8. The van der Waals surface area contributed by atoms with Gasteiger partial charge in [0.1, 0.15) is 0 Å². The van der Waals surface area contributed by atoms with Crippen LogP contribution in [0.2, 0.25) is 5.02 Å². The van der Waals surface area contributed by atoms with Crippen LogP contribution in [-0.2, 0) is 27.9 Å². The third-order valence-corrected chi connectivity index (χ3v) is 7.75. The largest absolute Gasteiger partial charge is 0.381 e. The van der Waals surface area contributed by atoms with Crippen LogP contribution in [0.3, 0.4) is 0 Å². The Kier molecular flexibility index (Phi) is 5.74. The minimum atomic E-state index is -0.594. The van der Waals surface area contributed by atoms with Crippen molar-refractivity contribution in [1.29, 1.82) is 0 Å². The molecule has 0 radical (unpaired) electrons. The Labute approximate surface area is 191 Å². The Bertz CT molecular complexity index is 1060. The van der Waals surface area contributed by atoms with E-state index in [1.165, 1.54) is 16.1 Å². The molecule has 1 amide bonds. The molecule has 0 saturated carbocycles. The Morgan fingerprint density at radius 1 is 1.03 bits per heavy atom. The lowest BCUT2D eigenvalue weighted by atomic mass is 9.73. The Balaban J connectivity index is 1.32. The predicted molar refractivity (Wildman–Crippen MR) is 127 cm³/mol. The Hall–Kier alpha value is -2.34. The van der Waals surface area contributed by atoms with E-state index in [0.717, 1.165) is 30.8 Å². The van der Waals surface area contributed by atoms with Gasteiger partial charge in [-0.3, -0.25) is 4.79 Å². The number of halogens is 1. The molecule has 2 aliphatic heterocycles. The summed E-state index contributed by atoms with van der Waals surface area (Å²) in [5.74, 6) is 0.0201. The molecule has 0 aliphatic carbocycles. The summed E-state index contributed by atoms with van der Waals surface area (Å²) >= 11 is 7.93. The first-order valence-corrected chi connectivity index (χ1v) is 12.0. The van der Waals surface area contributed by atoms with Crippen LogP contribution in [0.25, 0.3) is 0 Å². The molecule has 0 spiro atoms. The van der Waals surface area contributed by atoms with E-state index in [1.807, 2.05) is 47.7 Å². The van der Waals surface area contributed by atoms with Gasteiger partial charge >= 0.3 is 0 Å². The van der Waals surface area contributed by atoms with Gasteiger partial charge in [0.15, 0.2) is 0 Å². The number of anilines is 2. The number of nitrogens with one attached hydrogen (secondary N) is 1. The molecule has 160 valence electrons. The highest BCUT2D eigenvalue weighted by Crippen LogP contribution is 2.37. The molecule has 0 unspecified atom stereocenters. The van der Waals surface area contributed by atoms with E-state index in [9.17, 15) is 4.79 Å². The molecule has 2 aliphatic rings. The SMILES string of the molecule is O=C(Nc1ccc(N2CCc3sccc3C2)cc1)C1(c2ccc(Cl)cc2)CCOCC1. The lowest BCUT2D eigenvalue weighted by Crippen LogP contribution is -2.44. The molecule has 6 heteroatoms. The van der Waals surface area contributed by atoms with Gasteiger partial charge < -0.3 is 15.0 Å². The van der Waals surface area contributed by atoms with Crippen molar-refractivity contribution in [1.82, 2.24) is 0 Å². The van der Waals surface area contributed by atoms with Crippen LogP contribution in [-0.4, -0.2) is 25.7 Å². The van der Waals surface area contributed by atoms with Crippen LogP contribution < -0.4 is 10.2 Å². The average molecular weight is 453 g/mol. The topological polar surface area (TPSA) is 41.6 Å². The summed E-state index contributed by atoms with van der Waals surface area (Å²) in [6.07, 6.45) is 2.42. The fourth-order valence-electron chi connectivity index (χ4n) is 4.61. The lowest BCUT2D eigenvalue weighted by molar-refractivity contribution is -0.125. The molecule has 0 bridgehead atoms. The number of nitrogens with zero attached hydrogens (tertiary/aromatic N) is 1. The van der Waals surface area contributed by atoms with Crippen molar-refractivity contribution >= 4 is 40.2 Å². The molecule has 1 N–H and O–H groups in total. The molecule has 3 aromatic rings. The molecular weight excluding hydrogens is 428 g/mol. The quantitative estimate of drug-likeness (QED) is 0.556. The van der Waals surface area contributed by atoms with Gasteiger partial charge in [-0.2, -0.15) is 0 Å². The molecule has 0 atom stereocenters. The maximum Gasteiger partial charge on any atom is 0.235 e. The summed E-state index contributed by atoms with van der Waals surface area (Å²) in [5, 5.41) is 6.02. The maximum atomic E-state index is 13.5. The maximum absolute atomic E-state index is 13.5. The number of rotatable bonds is 4. The summed E-state index contributed by atoms with van der Waals surface area (Å²) in [7, 11) is 0. The van der Waals surface area contributed by atoms with E-state index in [0.29, 0.717) is 31.1 Å². The Morgan fingerprint density at radius 3 is 2.52 bits per heavy atom. The van der Waals surface area contributed by atoms with Crippen LogP contribution >= 0.6 is 22.9 Å². The van der Waals surface area contributed by atoms with Crippen LogP contribution in [0.15, 0.2) is 60.0 Å². The number of carbonyl (C=O) groups excluding carboxylic acids is 1. The molecular formula is C25H25ClN2O2S. The zero-order chi connectivity index (χ0) is 21.3. The van der Waals surface area contributed by atoms with Crippen molar-refractivity contribution < 1.29 is 9.53 Å². The minimum Gasteiger partial charge on any atom is -0.381 e. The van der Waals surface area contributed by atoms with E-state index >= 15 is 0 Å². The second-order valence-corrected chi connectivity index (χ2v) is 9.68. The molecule has 5 rings (SSSR count). The average Bonchev–Trinajstić information content (AvgIpc) is 3.28. The normalized spacial score (nSPS) is 17.8. The second kappa shape index (κ2) is 8.65. The van der Waals surface area contributed by atoms with Crippen molar-refractivity contribution in [3.63, 3.8) is 0 Å². The molecule has 1 aromatic heterocycles. The lowest BCUT2D eigenvalue weighted by Gasteiger charge is -2.36. The van der Waals surface area contributed by atoms with E-state index in [4.69, 9.17) is 16.3 Å². The molecule has 2 aromatic carbocycles. The zero-order valence-electron chi connectivity index (χ0n) is 17.3. The first-order valence-electron chi connectivity index (χ1n) is 10.7. The number of ether oxygens (including phenoxy) is 1. The fraction of sp³-hybridized carbons (Fsp3) is 0.320. The monoisotopic (exact) mass is 452 g/mol. The van der Waals surface area contributed by atoms with Crippen LogP contribution in [0.1, 0.15) is 28.8 Å². The van der Waals surface area contributed by atoms with Crippen molar-refractivity contribution in [3.05, 3.63) is 81.0 Å². The number of carbonyl (C=O) groups is 1. The van der Waals surface area contributed by atoms with E-state index < -0.39 is 5.41 Å². The van der Waals surface area contributed by atoms with Crippen molar-refractivity contribution in [3.8, 4) is 0 Å². The van der Waals surface area contributed by atoms with Gasteiger partial charge in [0.25, 0.3) is 0 Å². The van der Waals surface area contributed by atoms with Gasteiger partial charge in [-0.05, 0) is 78.2 Å². The summed E-state index contributed by atoms with van der Waals surface area (Å²) < 4.78 is 5.56. The van der Waals surface area contributed by atoms with E-state index in [2.05, 4.69) is 33.8 Å². The number of fused-ring (bicyclic) bond motifs is 1. The number of benzene rings is 2.